The van der Waals surface area contributed by atoms with Gasteiger partial charge in [-0.05, 0) is 106 Å². The van der Waals surface area contributed by atoms with E-state index in [-0.39, 0.29) is 11.8 Å². The number of rotatable bonds is 6. The van der Waals surface area contributed by atoms with Crippen LogP contribution in [0.25, 0.3) is 66.8 Å². The third-order valence-electron chi connectivity index (χ3n) is 12.1. The number of benzene rings is 9. The van der Waals surface area contributed by atoms with E-state index >= 15 is 0 Å². The minimum atomic E-state index is 0.0718. The van der Waals surface area contributed by atoms with E-state index in [4.69, 9.17) is 0 Å². The van der Waals surface area contributed by atoms with Gasteiger partial charge in [0.1, 0.15) is 0 Å². The summed E-state index contributed by atoms with van der Waals surface area (Å²) in [7, 11) is 0. The van der Waals surface area contributed by atoms with Crippen molar-refractivity contribution in [3.8, 4) is 66.8 Å². The molecule has 0 aliphatic heterocycles. The Kier molecular flexibility index (Phi) is 7.74. The largest absolute Gasteiger partial charge is 0.0622 e. The van der Waals surface area contributed by atoms with E-state index in [9.17, 15) is 0 Å². The van der Waals surface area contributed by atoms with Gasteiger partial charge in [-0.1, -0.05) is 212 Å². The molecule has 0 bridgehead atoms. The lowest BCUT2D eigenvalue weighted by Crippen LogP contribution is -2.07. The van der Waals surface area contributed by atoms with Crippen molar-refractivity contribution in [1.29, 1.82) is 0 Å². The summed E-state index contributed by atoms with van der Waals surface area (Å²) in [5, 5.41) is 0. The molecule has 0 spiro atoms. The zero-order chi connectivity index (χ0) is 37.0. The molecule has 2 unspecified atom stereocenters. The van der Waals surface area contributed by atoms with Gasteiger partial charge < -0.3 is 0 Å². The average molecular weight is 711 g/mol. The number of hydrogen-bond donors (Lipinski definition) is 0. The molecule has 2 aliphatic rings. The summed E-state index contributed by atoms with van der Waals surface area (Å²) in [6.45, 7) is 0. The van der Waals surface area contributed by atoms with Crippen LogP contribution in [0.4, 0.5) is 0 Å². The molecule has 0 fully saturated rings. The maximum absolute atomic E-state index is 2.47. The van der Waals surface area contributed by atoms with Gasteiger partial charge in [-0.25, -0.2) is 0 Å². The molecule has 9 aromatic rings. The second-order valence-corrected chi connectivity index (χ2v) is 15.2. The summed E-state index contributed by atoms with van der Waals surface area (Å²) in [5.74, 6) is 0.232. The summed E-state index contributed by atoms with van der Waals surface area (Å²) in [6.07, 6.45) is 0. The molecule has 2 atom stereocenters. The van der Waals surface area contributed by atoms with Crippen molar-refractivity contribution < 1.29 is 0 Å². The van der Waals surface area contributed by atoms with E-state index < -0.39 is 0 Å². The van der Waals surface area contributed by atoms with Gasteiger partial charge in [0.05, 0.1) is 0 Å². The van der Waals surface area contributed by atoms with Gasteiger partial charge in [-0.2, -0.15) is 0 Å². The molecular weight excluding hydrogens is 673 g/mol. The van der Waals surface area contributed by atoms with Crippen LogP contribution in [-0.4, -0.2) is 0 Å². The second-order valence-electron chi connectivity index (χ2n) is 15.2. The first-order chi connectivity index (χ1) is 27.8. The molecule has 0 radical (unpaired) electrons. The van der Waals surface area contributed by atoms with Crippen molar-refractivity contribution in [2.45, 2.75) is 11.8 Å². The Hall–Kier alpha value is -7.02. The summed E-state index contributed by atoms with van der Waals surface area (Å²) in [5.41, 5.74) is 23.5. The lowest BCUT2D eigenvalue weighted by molar-refractivity contribution is 0.938. The van der Waals surface area contributed by atoms with Crippen molar-refractivity contribution in [3.05, 3.63) is 252 Å². The molecule has 0 amide bonds. The van der Waals surface area contributed by atoms with Crippen LogP contribution in [0.1, 0.15) is 45.2 Å². The molecule has 0 heterocycles. The van der Waals surface area contributed by atoms with Crippen molar-refractivity contribution in [2.75, 3.05) is 0 Å². The fraction of sp³-hybridized carbons (Fsp3) is 0.0357. The van der Waals surface area contributed by atoms with Crippen LogP contribution in [0.3, 0.4) is 0 Å². The molecule has 0 nitrogen and oxygen atoms in total. The van der Waals surface area contributed by atoms with E-state index in [1.54, 1.807) is 0 Å². The first kappa shape index (κ1) is 32.4. The van der Waals surface area contributed by atoms with E-state index in [0.29, 0.717) is 0 Å². The van der Waals surface area contributed by atoms with Crippen LogP contribution in [0.5, 0.6) is 0 Å². The van der Waals surface area contributed by atoms with E-state index in [1.807, 2.05) is 0 Å². The highest BCUT2D eigenvalue weighted by Gasteiger charge is 2.40. The van der Waals surface area contributed by atoms with Gasteiger partial charge in [0.15, 0.2) is 0 Å². The highest BCUT2D eigenvalue weighted by Crippen LogP contribution is 2.58. The lowest BCUT2D eigenvalue weighted by atomic mass is 9.79. The first-order valence-electron chi connectivity index (χ1n) is 19.7. The van der Waals surface area contributed by atoms with Crippen LogP contribution >= 0.6 is 0 Å². The molecule has 11 rings (SSSR count). The molecule has 262 valence electrons. The zero-order valence-electron chi connectivity index (χ0n) is 30.9. The quantitative estimate of drug-likeness (QED) is 0.161. The maximum atomic E-state index is 2.47. The van der Waals surface area contributed by atoms with Crippen LogP contribution in [0.2, 0.25) is 0 Å². The predicted molar refractivity (Wildman–Crippen MR) is 234 cm³/mol. The van der Waals surface area contributed by atoms with Crippen molar-refractivity contribution in [1.82, 2.24) is 0 Å². The zero-order valence-corrected chi connectivity index (χ0v) is 30.9. The molecule has 0 aromatic heterocycles. The Morgan fingerprint density at radius 1 is 0.214 bits per heavy atom. The molecule has 0 heteroatoms. The van der Waals surface area contributed by atoms with Crippen molar-refractivity contribution >= 4 is 0 Å². The van der Waals surface area contributed by atoms with Crippen LogP contribution in [-0.2, 0) is 0 Å². The minimum absolute atomic E-state index is 0.0718. The Morgan fingerprint density at radius 2 is 0.554 bits per heavy atom. The third kappa shape index (κ3) is 5.37. The lowest BCUT2D eigenvalue weighted by Gasteiger charge is -2.23. The number of hydrogen-bond acceptors (Lipinski definition) is 0. The predicted octanol–water partition coefficient (Wildman–Crippen LogP) is 14.7. The molecule has 9 aromatic carbocycles. The van der Waals surface area contributed by atoms with Gasteiger partial charge in [-0.15, -0.1) is 0 Å². The summed E-state index contributed by atoms with van der Waals surface area (Å²) >= 11 is 0. The minimum Gasteiger partial charge on any atom is -0.0622 e. The monoisotopic (exact) mass is 710 g/mol. The molecule has 0 N–H and O–H groups in total. The molecule has 56 heavy (non-hydrogen) atoms. The summed E-state index contributed by atoms with van der Waals surface area (Å²) in [6, 6.07) is 80.9. The van der Waals surface area contributed by atoms with Gasteiger partial charge in [0.2, 0.25) is 0 Å². The number of fused-ring (bicyclic) bond motifs is 7. The van der Waals surface area contributed by atoms with E-state index in [1.165, 1.54) is 100 Å². The smallest absolute Gasteiger partial charge is 0.0356 e. The fourth-order valence-electron chi connectivity index (χ4n) is 9.49. The standard InChI is InChI=1S/C56H38/c1-4-14-37(15-5-1)39-24-28-41(29-25-39)44-34-45(42-30-26-40(27-31-42)38-16-6-2-7-17-38)36-46(35-44)54-50-23-13-11-21-48(50)52-33-32-51-47-20-10-12-22-49(47)53(55(51)56(52)54)43-18-8-3-9-19-43/h1-36,53-54H. The van der Waals surface area contributed by atoms with Crippen molar-refractivity contribution in [3.63, 3.8) is 0 Å². The van der Waals surface area contributed by atoms with Gasteiger partial charge >= 0.3 is 0 Å². The Balaban J connectivity index is 1.12. The van der Waals surface area contributed by atoms with E-state index in [0.717, 1.165) is 0 Å². The fourth-order valence-corrected chi connectivity index (χ4v) is 9.49. The molecule has 0 saturated heterocycles. The summed E-state index contributed by atoms with van der Waals surface area (Å²) in [4.78, 5) is 0. The Labute approximate surface area is 329 Å². The van der Waals surface area contributed by atoms with Gasteiger partial charge in [0, 0.05) is 11.8 Å². The third-order valence-corrected chi connectivity index (χ3v) is 12.1. The normalized spacial score (nSPS) is 14.8. The molecule has 2 aliphatic carbocycles. The van der Waals surface area contributed by atoms with Gasteiger partial charge in [0.25, 0.3) is 0 Å². The molecule has 0 saturated carbocycles. The van der Waals surface area contributed by atoms with Crippen LogP contribution in [0.15, 0.2) is 218 Å². The topological polar surface area (TPSA) is 0 Å². The SMILES string of the molecule is c1ccc(-c2ccc(-c3cc(-c4ccc(-c5ccccc5)cc4)cc(C4c5ccccc5-c5ccc6c(c54)C(c4ccccc4)c4ccccc4-6)c3)cc2)cc1. The summed E-state index contributed by atoms with van der Waals surface area (Å²) < 4.78 is 0. The van der Waals surface area contributed by atoms with Crippen LogP contribution in [0, 0.1) is 0 Å². The Bertz CT molecular complexity index is 2770. The maximum Gasteiger partial charge on any atom is 0.0356 e. The highest BCUT2D eigenvalue weighted by molar-refractivity contribution is 5.92. The average Bonchev–Trinajstić information content (AvgIpc) is 3.80. The first-order valence-corrected chi connectivity index (χ1v) is 19.7. The second kappa shape index (κ2) is 13.4. The highest BCUT2D eigenvalue weighted by atomic mass is 14.4. The van der Waals surface area contributed by atoms with Crippen molar-refractivity contribution in [2.24, 2.45) is 0 Å². The Morgan fingerprint density at radius 3 is 1.00 bits per heavy atom. The van der Waals surface area contributed by atoms with E-state index in [2.05, 4.69) is 218 Å². The van der Waals surface area contributed by atoms with Gasteiger partial charge in [-0.3, -0.25) is 0 Å². The van der Waals surface area contributed by atoms with Crippen LogP contribution < -0.4 is 0 Å². The molecular formula is C56H38.